The molecule has 0 aliphatic carbocycles. The largest absolute Gasteiger partial charge is 0.459 e. The van der Waals surface area contributed by atoms with Crippen LogP contribution in [0.2, 0.25) is 0 Å². The van der Waals surface area contributed by atoms with E-state index in [-0.39, 0.29) is 11.9 Å². The third-order valence-electron chi connectivity index (χ3n) is 4.10. The number of hydrogen-bond donors (Lipinski definition) is 0. The number of amides is 1. The van der Waals surface area contributed by atoms with Crippen LogP contribution in [0.3, 0.4) is 0 Å². The van der Waals surface area contributed by atoms with Gasteiger partial charge in [0.15, 0.2) is 5.76 Å². The molecule has 5 nitrogen and oxygen atoms in total. The van der Waals surface area contributed by atoms with Gasteiger partial charge in [-0.05, 0) is 25.8 Å². The number of carbonyl (C=O) groups is 1. The number of rotatable bonds is 3. The molecule has 1 unspecified atom stereocenters. The SMILES string of the molecule is CCCC1c2nccn2CCCN1C(=O)c1occc1C. The van der Waals surface area contributed by atoms with Gasteiger partial charge in [-0.25, -0.2) is 4.98 Å². The summed E-state index contributed by atoms with van der Waals surface area (Å²) in [6.45, 7) is 5.70. The number of imidazole rings is 1. The van der Waals surface area contributed by atoms with E-state index in [0.29, 0.717) is 5.76 Å². The zero-order valence-corrected chi connectivity index (χ0v) is 12.6. The molecule has 21 heavy (non-hydrogen) atoms. The van der Waals surface area contributed by atoms with E-state index < -0.39 is 0 Å². The number of fused-ring (bicyclic) bond motifs is 1. The molecule has 1 aliphatic rings. The van der Waals surface area contributed by atoms with Crippen LogP contribution in [-0.4, -0.2) is 26.9 Å². The fourth-order valence-electron chi connectivity index (χ4n) is 3.04. The van der Waals surface area contributed by atoms with Gasteiger partial charge in [0.2, 0.25) is 0 Å². The highest BCUT2D eigenvalue weighted by Crippen LogP contribution is 2.29. The third-order valence-corrected chi connectivity index (χ3v) is 4.10. The molecule has 0 bridgehead atoms. The Morgan fingerprint density at radius 1 is 1.48 bits per heavy atom. The van der Waals surface area contributed by atoms with Gasteiger partial charge in [-0.1, -0.05) is 13.3 Å². The van der Waals surface area contributed by atoms with Crippen molar-refractivity contribution in [3.05, 3.63) is 41.9 Å². The van der Waals surface area contributed by atoms with Gasteiger partial charge in [-0.15, -0.1) is 0 Å². The first-order chi connectivity index (χ1) is 10.2. The Kier molecular flexibility index (Phi) is 3.82. The molecule has 112 valence electrons. The van der Waals surface area contributed by atoms with Crippen molar-refractivity contribution in [2.24, 2.45) is 0 Å². The Morgan fingerprint density at radius 3 is 3.05 bits per heavy atom. The van der Waals surface area contributed by atoms with Gasteiger partial charge in [-0.3, -0.25) is 4.79 Å². The van der Waals surface area contributed by atoms with E-state index in [1.807, 2.05) is 30.3 Å². The zero-order valence-electron chi connectivity index (χ0n) is 12.6. The summed E-state index contributed by atoms with van der Waals surface area (Å²) in [7, 11) is 0. The van der Waals surface area contributed by atoms with Crippen molar-refractivity contribution in [2.45, 2.75) is 45.7 Å². The second-order valence-corrected chi connectivity index (χ2v) is 5.57. The first kappa shape index (κ1) is 13.9. The quantitative estimate of drug-likeness (QED) is 0.871. The van der Waals surface area contributed by atoms with E-state index in [2.05, 4.69) is 16.5 Å². The van der Waals surface area contributed by atoms with Crippen molar-refractivity contribution >= 4 is 5.91 Å². The predicted molar refractivity (Wildman–Crippen MR) is 79.0 cm³/mol. The summed E-state index contributed by atoms with van der Waals surface area (Å²) in [5, 5.41) is 0. The average Bonchev–Trinajstić information content (AvgIpc) is 3.07. The fraction of sp³-hybridized carbons (Fsp3) is 0.500. The zero-order chi connectivity index (χ0) is 14.8. The van der Waals surface area contributed by atoms with Crippen LogP contribution in [0.25, 0.3) is 0 Å². The molecule has 5 heteroatoms. The van der Waals surface area contributed by atoms with Crippen molar-refractivity contribution < 1.29 is 9.21 Å². The van der Waals surface area contributed by atoms with Gasteiger partial charge in [0.05, 0.1) is 12.3 Å². The van der Waals surface area contributed by atoms with Gasteiger partial charge in [0.25, 0.3) is 5.91 Å². The Hall–Kier alpha value is -2.04. The van der Waals surface area contributed by atoms with E-state index in [1.54, 1.807) is 6.26 Å². The second kappa shape index (κ2) is 5.76. The molecule has 1 amide bonds. The minimum absolute atomic E-state index is 0.0209. The highest BCUT2D eigenvalue weighted by molar-refractivity contribution is 5.93. The highest BCUT2D eigenvalue weighted by Gasteiger charge is 2.32. The molecule has 0 radical (unpaired) electrons. The summed E-state index contributed by atoms with van der Waals surface area (Å²) in [6.07, 6.45) is 8.28. The molecular formula is C16H21N3O2. The van der Waals surface area contributed by atoms with Crippen LogP contribution in [0.4, 0.5) is 0 Å². The number of aromatic nitrogens is 2. The standard InChI is InChI=1S/C16H21N3O2/c1-3-5-13-15-17-7-10-18(15)8-4-9-19(13)16(20)14-12(2)6-11-21-14/h6-7,10-11,13H,3-5,8-9H2,1-2H3. The van der Waals surface area contributed by atoms with Crippen molar-refractivity contribution in [2.75, 3.05) is 6.54 Å². The summed E-state index contributed by atoms with van der Waals surface area (Å²) >= 11 is 0. The molecule has 0 fully saturated rings. The van der Waals surface area contributed by atoms with E-state index >= 15 is 0 Å². The van der Waals surface area contributed by atoms with Gasteiger partial charge in [-0.2, -0.15) is 0 Å². The minimum atomic E-state index is -0.0209. The Bertz CT molecular complexity index is 629. The van der Waals surface area contributed by atoms with Gasteiger partial charge in [0, 0.05) is 31.0 Å². The smallest absolute Gasteiger partial charge is 0.290 e. The van der Waals surface area contributed by atoms with Gasteiger partial charge < -0.3 is 13.9 Å². The molecular weight excluding hydrogens is 266 g/mol. The van der Waals surface area contributed by atoms with E-state index in [1.165, 1.54) is 0 Å². The third kappa shape index (κ3) is 2.48. The maximum atomic E-state index is 12.8. The lowest BCUT2D eigenvalue weighted by molar-refractivity contribution is 0.0631. The lowest BCUT2D eigenvalue weighted by Gasteiger charge is -2.28. The molecule has 2 aromatic heterocycles. The lowest BCUT2D eigenvalue weighted by Crippen LogP contribution is -2.35. The topological polar surface area (TPSA) is 51.3 Å². The lowest BCUT2D eigenvalue weighted by atomic mass is 10.1. The fourth-order valence-corrected chi connectivity index (χ4v) is 3.04. The van der Waals surface area contributed by atoms with Crippen LogP contribution in [-0.2, 0) is 6.54 Å². The summed E-state index contributed by atoms with van der Waals surface area (Å²) in [4.78, 5) is 19.3. The number of aryl methyl sites for hydroxylation is 2. The molecule has 0 N–H and O–H groups in total. The minimum Gasteiger partial charge on any atom is -0.459 e. The first-order valence-corrected chi connectivity index (χ1v) is 7.58. The van der Waals surface area contributed by atoms with Gasteiger partial charge >= 0.3 is 0 Å². The highest BCUT2D eigenvalue weighted by atomic mass is 16.3. The van der Waals surface area contributed by atoms with Gasteiger partial charge in [0.1, 0.15) is 5.82 Å². The molecule has 0 aromatic carbocycles. The Morgan fingerprint density at radius 2 is 2.33 bits per heavy atom. The Balaban J connectivity index is 1.96. The Labute approximate surface area is 124 Å². The maximum Gasteiger partial charge on any atom is 0.290 e. The molecule has 1 atom stereocenters. The summed E-state index contributed by atoms with van der Waals surface area (Å²) in [6, 6.07) is 1.87. The van der Waals surface area contributed by atoms with Crippen molar-refractivity contribution in [1.29, 1.82) is 0 Å². The molecule has 3 rings (SSSR count). The molecule has 3 heterocycles. The second-order valence-electron chi connectivity index (χ2n) is 5.57. The van der Waals surface area contributed by atoms with Crippen LogP contribution in [0.5, 0.6) is 0 Å². The molecule has 1 aliphatic heterocycles. The number of nitrogens with zero attached hydrogens (tertiary/aromatic N) is 3. The summed E-state index contributed by atoms with van der Waals surface area (Å²) in [5.41, 5.74) is 0.892. The number of hydrogen-bond acceptors (Lipinski definition) is 3. The van der Waals surface area contributed by atoms with Crippen LogP contribution in [0.1, 0.15) is 54.2 Å². The van der Waals surface area contributed by atoms with Crippen molar-refractivity contribution in [3.63, 3.8) is 0 Å². The summed E-state index contributed by atoms with van der Waals surface area (Å²) in [5.74, 6) is 1.43. The van der Waals surface area contributed by atoms with Crippen LogP contribution < -0.4 is 0 Å². The number of carbonyl (C=O) groups excluding carboxylic acids is 1. The van der Waals surface area contributed by atoms with Crippen LogP contribution >= 0.6 is 0 Å². The molecule has 0 saturated carbocycles. The molecule has 2 aromatic rings. The average molecular weight is 287 g/mol. The van der Waals surface area contributed by atoms with Crippen molar-refractivity contribution in [3.8, 4) is 0 Å². The van der Waals surface area contributed by atoms with E-state index in [0.717, 1.165) is 43.7 Å². The first-order valence-electron chi connectivity index (χ1n) is 7.58. The monoisotopic (exact) mass is 287 g/mol. The van der Waals surface area contributed by atoms with E-state index in [9.17, 15) is 4.79 Å². The predicted octanol–water partition coefficient (Wildman–Crippen LogP) is 3.17. The maximum absolute atomic E-state index is 12.8. The molecule has 0 saturated heterocycles. The van der Waals surface area contributed by atoms with Crippen LogP contribution in [0.15, 0.2) is 29.1 Å². The van der Waals surface area contributed by atoms with Crippen molar-refractivity contribution in [1.82, 2.24) is 14.5 Å². The summed E-state index contributed by atoms with van der Waals surface area (Å²) < 4.78 is 7.57. The van der Waals surface area contributed by atoms with E-state index in [4.69, 9.17) is 4.42 Å². The van der Waals surface area contributed by atoms with Crippen LogP contribution in [0, 0.1) is 6.92 Å². The normalized spacial score (nSPS) is 18.4. The number of furan rings is 1. The molecule has 0 spiro atoms.